The molecule has 0 aromatic heterocycles. The molecular weight excluding hydrogens is 188 g/mol. The van der Waals surface area contributed by atoms with Gasteiger partial charge in [-0.2, -0.15) is 0 Å². The molecule has 1 heterocycles. The van der Waals surface area contributed by atoms with Crippen molar-refractivity contribution in [3.05, 3.63) is 23.8 Å². The lowest BCUT2D eigenvalue weighted by Gasteiger charge is -2.26. The molecular formula is C12H16N2O. The van der Waals surface area contributed by atoms with Crippen LogP contribution in [0.1, 0.15) is 25.8 Å². The second-order valence-corrected chi connectivity index (χ2v) is 3.83. The van der Waals surface area contributed by atoms with E-state index in [1.807, 2.05) is 19.1 Å². The van der Waals surface area contributed by atoms with Crippen LogP contribution in [-0.2, 0) is 11.2 Å². The molecule has 0 saturated heterocycles. The van der Waals surface area contributed by atoms with E-state index in [4.69, 9.17) is 0 Å². The summed E-state index contributed by atoms with van der Waals surface area (Å²) < 4.78 is 0. The highest BCUT2D eigenvalue weighted by atomic mass is 16.2. The first-order chi connectivity index (χ1) is 7.24. The summed E-state index contributed by atoms with van der Waals surface area (Å²) in [5.74, 6) is 0.0641. The Morgan fingerprint density at radius 2 is 2.07 bits per heavy atom. The van der Waals surface area contributed by atoms with Gasteiger partial charge in [0.05, 0.1) is 11.4 Å². The zero-order valence-corrected chi connectivity index (χ0v) is 9.13. The molecule has 3 heteroatoms. The number of hydrogen-bond acceptors (Lipinski definition) is 2. The van der Waals surface area contributed by atoms with Gasteiger partial charge in [-0.05, 0) is 30.5 Å². The SMILES string of the molecule is CCc1ccc2c(c1)NC(CC)C(=O)N2. The Hall–Kier alpha value is -1.51. The molecule has 15 heavy (non-hydrogen) atoms. The van der Waals surface area contributed by atoms with Crippen LogP contribution in [0.4, 0.5) is 11.4 Å². The van der Waals surface area contributed by atoms with Gasteiger partial charge in [0, 0.05) is 0 Å². The van der Waals surface area contributed by atoms with Gasteiger partial charge in [0.15, 0.2) is 0 Å². The van der Waals surface area contributed by atoms with Gasteiger partial charge in [0.25, 0.3) is 0 Å². The third kappa shape index (κ3) is 1.82. The topological polar surface area (TPSA) is 41.1 Å². The van der Waals surface area contributed by atoms with Gasteiger partial charge in [0.2, 0.25) is 5.91 Å². The van der Waals surface area contributed by atoms with Crippen LogP contribution >= 0.6 is 0 Å². The summed E-state index contributed by atoms with van der Waals surface area (Å²) in [6.45, 7) is 4.13. The fourth-order valence-electron chi connectivity index (χ4n) is 1.80. The zero-order chi connectivity index (χ0) is 10.8. The van der Waals surface area contributed by atoms with Crippen molar-refractivity contribution in [1.82, 2.24) is 0 Å². The molecule has 1 unspecified atom stereocenters. The summed E-state index contributed by atoms with van der Waals surface area (Å²) in [5, 5.41) is 6.17. The van der Waals surface area contributed by atoms with Crippen molar-refractivity contribution in [2.45, 2.75) is 32.7 Å². The number of carbonyl (C=O) groups is 1. The summed E-state index contributed by atoms with van der Waals surface area (Å²) in [4.78, 5) is 11.6. The van der Waals surface area contributed by atoms with Crippen molar-refractivity contribution >= 4 is 17.3 Å². The van der Waals surface area contributed by atoms with E-state index in [0.29, 0.717) is 0 Å². The van der Waals surface area contributed by atoms with Crippen molar-refractivity contribution in [2.75, 3.05) is 10.6 Å². The molecule has 1 aromatic rings. The zero-order valence-electron chi connectivity index (χ0n) is 9.13. The number of nitrogens with one attached hydrogen (secondary N) is 2. The third-order valence-electron chi connectivity index (χ3n) is 2.80. The first-order valence-corrected chi connectivity index (χ1v) is 5.45. The predicted molar refractivity (Wildman–Crippen MR) is 62.2 cm³/mol. The Morgan fingerprint density at radius 3 is 2.73 bits per heavy atom. The molecule has 1 amide bonds. The number of amides is 1. The van der Waals surface area contributed by atoms with Crippen LogP contribution in [-0.4, -0.2) is 11.9 Å². The number of hydrogen-bond donors (Lipinski definition) is 2. The molecule has 1 aliphatic heterocycles. The average molecular weight is 204 g/mol. The van der Waals surface area contributed by atoms with E-state index < -0.39 is 0 Å². The van der Waals surface area contributed by atoms with E-state index >= 15 is 0 Å². The van der Waals surface area contributed by atoms with Crippen LogP contribution in [0.5, 0.6) is 0 Å². The Labute approximate surface area is 89.9 Å². The fourth-order valence-corrected chi connectivity index (χ4v) is 1.80. The third-order valence-corrected chi connectivity index (χ3v) is 2.80. The van der Waals surface area contributed by atoms with Gasteiger partial charge in [0.1, 0.15) is 6.04 Å². The van der Waals surface area contributed by atoms with Gasteiger partial charge in [-0.1, -0.05) is 19.9 Å². The summed E-state index contributed by atoms with van der Waals surface area (Å²) in [6.07, 6.45) is 1.82. The minimum Gasteiger partial charge on any atom is -0.372 e. The van der Waals surface area contributed by atoms with Gasteiger partial charge < -0.3 is 10.6 Å². The largest absolute Gasteiger partial charge is 0.372 e. The van der Waals surface area contributed by atoms with Gasteiger partial charge in [-0.3, -0.25) is 4.79 Å². The second kappa shape index (κ2) is 3.93. The Bertz CT molecular complexity index is 387. The molecule has 80 valence electrons. The van der Waals surface area contributed by atoms with Crippen molar-refractivity contribution in [2.24, 2.45) is 0 Å². The fraction of sp³-hybridized carbons (Fsp3) is 0.417. The molecule has 3 nitrogen and oxygen atoms in total. The maximum atomic E-state index is 11.6. The van der Waals surface area contributed by atoms with Crippen LogP contribution in [0.2, 0.25) is 0 Å². The van der Waals surface area contributed by atoms with E-state index in [-0.39, 0.29) is 11.9 Å². The van der Waals surface area contributed by atoms with Gasteiger partial charge in [-0.25, -0.2) is 0 Å². The highest BCUT2D eigenvalue weighted by Gasteiger charge is 2.23. The van der Waals surface area contributed by atoms with E-state index in [9.17, 15) is 4.79 Å². The molecule has 0 radical (unpaired) electrons. The summed E-state index contributed by atoms with van der Waals surface area (Å²) in [7, 11) is 0. The molecule has 1 atom stereocenters. The minimum atomic E-state index is -0.0930. The molecule has 1 aromatic carbocycles. The van der Waals surface area contributed by atoms with E-state index in [1.165, 1.54) is 5.56 Å². The van der Waals surface area contributed by atoms with Crippen molar-refractivity contribution in [3.8, 4) is 0 Å². The van der Waals surface area contributed by atoms with Crippen molar-refractivity contribution < 1.29 is 4.79 Å². The molecule has 0 bridgehead atoms. The second-order valence-electron chi connectivity index (χ2n) is 3.83. The quantitative estimate of drug-likeness (QED) is 0.776. The van der Waals surface area contributed by atoms with E-state index in [2.05, 4.69) is 23.6 Å². The standard InChI is InChI=1S/C12H16N2O/c1-3-8-5-6-10-11(7-8)13-9(4-2)12(15)14-10/h5-7,9,13H,3-4H2,1-2H3,(H,14,15). The van der Waals surface area contributed by atoms with Gasteiger partial charge >= 0.3 is 0 Å². The predicted octanol–water partition coefficient (Wildman–Crippen LogP) is 2.39. The number of benzene rings is 1. The highest BCUT2D eigenvalue weighted by molar-refractivity contribution is 6.02. The first-order valence-electron chi connectivity index (χ1n) is 5.45. The van der Waals surface area contributed by atoms with Crippen molar-refractivity contribution in [1.29, 1.82) is 0 Å². The number of aryl methyl sites for hydroxylation is 1. The molecule has 0 fully saturated rings. The van der Waals surface area contributed by atoms with Gasteiger partial charge in [-0.15, -0.1) is 0 Å². The smallest absolute Gasteiger partial charge is 0.246 e. The molecule has 0 spiro atoms. The lowest BCUT2D eigenvalue weighted by molar-refractivity contribution is -0.117. The van der Waals surface area contributed by atoms with E-state index in [0.717, 1.165) is 24.2 Å². The maximum Gasteiger partial charge on any atom is 0.246 e. The Kier molecular flexibility index (Phi) is 2.62. The number of rotatable bonds is 2. The maximum absolute atomic E-state index is 11.6. The first kappa shape index (κ1) is 10.0. The molecule has 1 aliphatic rings. The summed E-state index contributed by atoms with van der Waals surface area (Å²) >= 11 is 0. The monoisotopic (exact) mass is 204 g/mol. The number of anilines is 2. The molecule has 0 aliphatic carbocycles. The average Bonchev–Trinajstić information content (AvgIpc) is 2.27. The van der Waals surface area contributed by atoms with Crippen LogP contribution < -0.4 is 10.6 Å². The minimum absolute atomic E-state index is 0.0641. The van der Waals surface area contributed by atoms with Crippen molar-refractivity contribution in [3.63, 3.8) is 0 Å². The Balaban J connectivity index is 2.33. The molecule has 2 rings (SSSR count). The van der Waals surface area contributed by atoms with Crippen LogP contribution in [0.3, 0.4) is 0 Å². The lowest BCUT2D eigenvalue weighted by atomic mass is 10.1. The van der Waals surface area contributed by atoms with Crippen LogP contribution in [0.15, 0.2) is 18.2 Å². The highest BCUT2D eigenvalue weighted by Crippen LogP contribution is 2.28. The Morgan fingerprint density at radius 1 is 1.27 bits per heavy atom. The number of carbonyl (C=O) groups excluding carboxylic acids is 1. The summed E-state index contributed by atoms with van der Waals surface area (Å²) in [6, 6.07) is 6.03. The summed E-state index contributed by atoms with van der Waals surface area (Å²) in [5.41, 5.74) is 3.22. The molecule has 2 N–H and O–H groups in total. The lowest BCUT2D eigenvalue weighted by Crippen LogP contribution is -2.38. The van der Waals surface area contributed by atoms with E-state index in [1.54, 1.807) is 0 Å². The van der Waals surface area contributed by atoms with Crippen LogP contribution in [0, 0.1) is 0 Å². The molecule has 0 saturated carbocycles. The normalized spacial score (nSPS) is 19.1. The number of fused-ring (bicyclic) bond motifs is 1. The van der Waals surface area contributed by atoms with Crippen LogP contribution in [0.25, 0.3) is 0 Å².